The predicted octanol–water partition coefficient (Wildman–Crippen LogP) is 1.97. The molecule has 0 amide bonds. The molecule has 13 heavy (non-hydrogen) atoms. The molecule has 0 aliphatic carbocycles. The van der Waals surface area contributed by atoms with Crippen LogP contribution in [-0.4, -0.2) is 18.7 Å². The van der Waals surface area contributed by atoms with Crippen LogP contribution in [0.4, 0.5) is 0 Å². The van der Waals surface area contributed by atoms with Crippen LogP contribution < -0.4 is 0 Å². The molecule has 5 heteroatoms. The van der Waals surface area contributed by atoms with E-state index in [4.69, 9.17) is 9.05 Å². The van der Waals surface area contributed by atoms with E-state index in [-0.39, 0.29) is 18.6 Å². The van der Waals surface area contributed by atoms with Gasteiger partial charge in [-0.2, -0.15) is 0 Å². The lowest BCUT2D eigenvalue weighted by Crippen LogP contribution is -2.30. The Kier molecular flexibility index (Phi) is 2.76. The van der Waals surface area contributed by atoms with E-state index in [9.17, 15) is 9.36 Å². The fourth-order valence-corrected chi connectivity index (χ4v) is 2.43. The van der Waals surface area contributed by atoms with Crippen LogP contribution in [0.1, 0.15) is 13.8 Å². The molecule has 1 rings (SSSR count). The summed E-state index contributed by atoms with van der Waals surface area (Å²) >= 11 is 0. The predicted molar refractivity (Wildman–Crippen MR) is 48.5 cm³/mol. The summed E-state index contributed by atoms with van der Waals surface area (Å²) in [7, 11) is -3.54. The van der Waals surface area contributed by atoms with Crippen LogP contribution in [0.5, 0.6) is 0 Å². The minimum Gasteiger partial charge on any atom is -0.302 e. The van der Waals surface area contributed by atoms with Gasteiger partial charge in [-0.1, -0.05) is 20.4 Å². The molecule has 0 atom stereocenters. The van der Waals surface area contributed by atoms with Gasteiger partial charge in [0.25, 0.3) is 5.52 Å². The third-order valence-electron chi connectivity index (χ3n) is 1.70. The minimum atomic E-state index is -3.54. The van der Waals surface area contributed by atoms with Crippen molar-refractivity contribution >= 4 is 13.1 Å². The van der Waals surface area contributed by atoms with Gasteiger partial charge >= 0.3 is 7.60 Å². The Morgan fingerprint density at radius 2 is 1.92 bits per heavy atom. The van der Waals surface area contributed by atoms with Crippen LogP contribution in [-0.2, 0) is 18.4 Å². The van der Waals surface area contributed by atoms with E-state index in [0.717, 1.165) is 6.08 Å². The number of carbonyl (C=O) groups is 1. The number of allylic oxidation sites excluding steroid dienone is 1. The van der Waals surface area contributed by atoms with Crippen molar-refractivity contribution in [3.63, 3.8) is 0 Å². The summed E-state index contributed by atoms with van der Waals surface area (Å²) < 4.78 is 21.5. The zero-order valence-corrected chi connectivity index (χ0v) is 8.67. The molecule has 0 saturated carbocycles. The maximum Gasteiger partial charge on any atom is 0.401 e. The Balaban J connectivity index is 2.73. The maximum atomic E-state index is 11.6. The Morgan fingerprint density at radius 3 is 2.31 bits per heavy atom. The molecule has 1 aliphatic rings. The second-order valence-electron chi connectivity index (χ2n) is 3.75. The molecular weight excluding hydrogens is 191 g/mol. The van der Waals surface area contributed by atoms with Crippen LogP contribution in [0.25, 0.3) is 0 Å². The molecule has 0 spiro atoms. The third kappa shape index (κ3) is 2.27. The van der Waals surface area contributed by atoms with E-state index < -0.39 is 13.1 Å². The molecule has 1 aliphatic heterocycles. The Bertz CT molecular complexity index is 268. The molecular formula is C8H13O4P. The number of hydrogen-bond donors (Lipinski definition) is 0. The molecule has 4 nitrogen and oxygen atoms in total. The fraction of sp³-hybridized carbons (Fsp3) is 0.625. The van der Waals surface area contributed by atoms with Crippen molar-refractivity contribution in [1.82, 2.24) is 0 Å². The molecule has 0 N–H and O–H groups in total. The first-order valence-electron chi connectivity index (χ1n) is 3.96. The average Bonchev–Trinajstić information content (AvgIpc) is 2.09. The molecule has 0 aromatic heterocycles. The van der Waals surface area contributed by atoms with Gasteiger partial charge in [0.05, 0.1) is 13.2 Å². The monoisotopic (exact) mass is 204 g/mol. The molecule has 0 bridgehead atoms. The van der Waals surface area contributed by atoms with Gasteiger partial charge in [-0.3, -0.25) is 9.36 Å². The molecule has 74 valence electrons. The van der Waals surface area contributed by atoms with Crippen molar-refractivity contribution in [3.05, 3.63) is 12.7 Å². The topological polar surface area (TPSA) is 52.6 Å². The Hall–Kier alpha value is -0.440. The van der Waals surface area contributed by atoms with E-state index in [1.807, 2.05) is 13.8 Å². The number of hydrogen-bond acceptors (Lipinski definition) is 4. The van der Waals surface area contributed by atoms with Crippen LogP contribution in [0, 0.1) is 5.41 Å². The van der Waals surface area contributed by atoms with E-state index >= 15 is 0 Å². The first-order chi connectivity index (χ1) is 5.90. The lowest BCUT2D eigenvalue weighted by Gasteiger charge is -2.32. The zero-order chi connectivity index (χ0) is 10.1. The van der Waals surface area contributed by atoms with Crippen LogP contribution >= 0.6 is 7.60 Å². The van der Waals surface area contributed by atoms with Crippen LogP contribution in [0.15, 0.2) is 12.7 Å². The van der Waals surface area contributed by atoms with Gasteiger partial charge in [0.15, 0.2) is 0 Å². The highest BCUT2D eigenvalue weighted by molar-refractivity contribution is 7.72. The third-order valence-corrected chi connectivity index (χ3v) is 3.36. The quantitative estimate of drug-likeness (QED) is 0.509. The van der Waals surface area contributed by atoms with Gasteiger partial charge in [-0.05, 0) is 6.08 Å². The van der Waals surface area contributed by atoms with Gasteiger partial charge in [0, 0.05) is 5.41 Å². The first-order valence-corrected chi connectivity index (χ1v) is 5.50. The van der Waals surface area contributed by atoms with Gasteiger partial charge in [0.1, 0.15) is 0 Å². The smallest absolute Gasteiger partial charge is 0.302 e. The normalized spacial score (nSPS) is 25.1. The standard InChI is InChI=1S/C8H13O4P/c1-4-7(9)13(10)11-5-8(2,3)6-12-13/h4H,1,5-6H2,2-3H3. The highest BCUT2D eigenvalue weighted by Crippen LogP contribution is 2.54. The first kappa shape index (κ1) is 10.6. The average molecular weight is 204 g/mol. The lowest BCUT2D eigenvalue weighted by molar-refractivity contribution is -0.111. The highest BCUT2D eigenvalue weighted by atomic mass is 31.2. The van der Waals surface area contributed by atoms with E-state index in [1.165, 1.54) is 0 Å². The summed E-state index contributed by atoms with van der Waals surface area (Å²) in [6.45, 7) is 7.59. The Labute approximate surface area is 77.4 Å². The van der Waals surface area contributed by atoms with Gasteiger partial charge in [0.2, 0.25) is 0 Å². The van der Waals surface area contributed by atoms with E-state index in [0.29, 0.717) is 0 Å². The van der Waals surface area contributed by atoms with Gasteiger partial charge in [-0.25, -0.2) is 0 Å². The largest absolute Gasteiger partial charge is 0.401 e. The summed E-state index contributed by atoms with van der Waals surface area (Å²) in [5, 5.41) is 0. The van der Waals surface area contributed by atoms with Crippen molar-refractivity contribution in [2.75, 3.05) is 13.2 Å². The second-order valence-corrected chi connectivity index (χ2v) is 5.70. The van der Waals surface area contributed by atoms with Crippen molar-refractivity contribution < 1.29 is 18.4 Å². The molecule has 0 radical (unpaired) electrons. The summed E-state index contributed by atoms with van der Waals surface area (Å²) in [5.74, 6) is 0. The van der Waals surface area contributed by atoms with Crippen molar-refractivity contribution in [3.8, 4) is 0 Å². The molecule has 0 aromatic rings. The lowest BCUT2D eigenvalue weighted by atomic mass is 9.97. The molecule has 0 unspecified atom stereocenters. The van der Waals surface area contributed by atoms with Crippen LogP contribution in [0.3, 0.4) is 0 Å². The number of rotatable bonds is 2. The minimum absolute atomic E-state index is 0.185. The number of carbonyl (C=O) groups excluding carboxylic acids is 1. The molecule has 1 heterocycles. The maximum absolute atomic E-state index is 11.6. The fourth-order valence-electron chi connectivity index (χ4n) is 0.837. The van der Waals surface area contributed by atoms with E-state index in [2.05, 4.69) is 6.58 Å². The summed E-state index contributed by atoms with van der Waals surface area (Å²) in [6.07, 6.45) is 0.971. The zero-order valence-electron chi connectivity index (χ0n) is 7.78. The highest BCUT2D eigenvalue weighted by Gasteiger charge is 2.40. The van der Waals surface area contributed by atoms with Crippen molar-refractivity contribution in [2.24, 2.45) is 5.41 Å². The van der Waals surface area contributed by atoms with Gasteiger partial charge in [-0.15, -0.1) is 0 Å². The second kappa shape index (κ2) is 3.37. The SMILES string of the molecule is C=CC(=O)P1(=O)OCC(C)(C)CO1. The summed E-state index contributed by atoms with van der Waals surface area (Å²) in [5.41, 5.74) is -0.849. The van der Waals surface area contributed by atoms with Crippen molar-refractivity contribution in [1.29, 1.82) is 0 Å². The molecule has 1 saturated heterocycles. The summed E-state index contributed by atoms with van der Waals surface area (Å²) in [6, 6.07) is 0. The van der Waals surface area contributed by atoms with Crippen LogP contribution in [0.2, 0.25) is 0 Å². The Morgan fingerprint density at radius 1 is 1.46 bits per heavy atom. The molecule has 1 fully saturated rings. The van der Waals surface area contributed by atoms with E-state index in [1.54, 1.807) is 0 Å². The molecule has 0 aromatic carbocycles. The van der Waals surface area contributed by atoms with Gasteiger partial charge < -0.3 is 9.05 Å². The van der Waals surface area contributed by atoms with Crippen molar-refractivity contribution in [2.45, 2.75) is 13.8 Å². The summed E-state index contributed by atoms with van der Waals surface area (Å²) in [4.78, 5) is 11.1.